The lowest BCUT2D eigenvalue weighted by Crippen LogP contribution is -2.48. The smallest absolute Gasteiger partial charge is 0.326 e. The zero-order valence-electron chi connectivity index (χ0n) is 9.97. The lowest BCUT2D eigenvalue weighted by atomic mass is 10.1. The molecule has 0 fully saturated rings. The molecule has 0 bridgehead atoms. The standard InChI is InChI=1S/C10H20N2O4/c1-7(10(14)15)12(2)9(13)8(11)5-4-6-16-3/h7-8H,4-6,11H2,1-3H3,(H,14,15). The molecule has 3 N–H and O–H groups in total. The van der Waals surface area contributed by atoms with Gasteiger partial charge >= 0.3 is 5.97 Å². The SMILES string of the molecule is COCCCC(N)C(=O)N(C)C(C)C(=O)O. The van der Waals surface area contributed by atoms with Crippen LogP contribution in [0.15, 0.2) is 0 Å². The molecule has 0 aromatic rings. The summed E-state index contributed by atoms with van der Waals surface area (Å²) in [6.07, 6.45) is 1.17. The number of nitrogens with two attached hydrogens (primary N) is 1. The maximum Gasteiger partial charge on any atom is 0.326 e. The number of hydrogen-bond donors (Lipinski definition) is 2. The average Bonchev–Trinajstić information content (AvgIpc) is 2.26. The first-order chi connectivity index (χ1) is 7.41. The van der Waals surface area contributed by atoms with E-state index in [1.165, 1.54) is 14.0 Å². The van der Waals surface area contributed by atoms with E-state index in [-0.39, 0.29) is 5.91 Å². The first-order valence-corrected chi connectivity index (χ1v) is 5.15. The van der Waals surface area contributed by atoms with Crippen LogP contribution in [0.2, 0.25) is 0 Å². The van der Waals surface area contributed by atoms with E-state index in [4.69, 9.17) is 15.6 Å². The van der Waals surface area contributed by atoms with Crippen molar-refractivity contribution < 1.29 is 19.4 Å². The highest BCUT2D eigenvalue weighted by Gasteiger charge is 2.25. The molecule has 0 aromatic carbocycles. The Balaban J connectivity index is 4.16. The second-order valence-electron chi connectivity index (χ2n) is 3.70. The van der Waals surface area contributed by atoms with Gasteiger partial charge < -0.3 is 20.5 Å². The normalized spacial score (nSPS) is 14.2. The van der Waals surface area contributed by atoms with Crippen LogP contribution in [0.5, 0.6) is 0 Å². The Morgan fingerprint density at radius 1 is 1.50 bits per heavy atom. The molecule has 1 amide bonds. The van der Waals surface area contributed by atoms with Gasteiger partial charge in [-0.15, -0.1) is 0 Å². The quantitative estimate of drug-likeness (QED) is 0.586. The molecule has 16 heavy (non-hydrogen) atoms. The number of aliphatic carboxylic acids is 1. The Labute approximate surface area is 95.4 Å². The molecule has 0 heterocycles. The highest BCUT2D eigenvalue weighted by Crippen LogP contribution is 2.03. The fourth-order valence-electron chi connectivity index (χ4n) is 1.19. The van der Waals surface area contributed by atoms with Crippen LogP contribution in [0.25, 0.3) is 0 Å². The minimum absolute atomic E-state index is 0.356. The van der Waals surface area contributed by atoms with Gasteiger partial charge in [-0.1, -0.05) is 0 Å². The van der Waals surface area contributed by atoms with Crippen LogP contribution >= 0.6 is 0 Å². The third kappa shape index (κ3) is 4.59. The second-order valence-corrected chi connectivity index (χ2v) is 3.70. The number of likely N-dealkylation sites (N-methyl/N-ethyl adjacent to an activating group) is 1. The summed E-state index contributed by atoms with van der Waals surface area (Å²) in [5.41, 5.74) is 5.66. The van der Waals surface area contributed by atoms with Crippen LogP contribution in [-0.2, 0) is 14.3 Å². The van der Waals surface area contributed by atoms with Crippen LogP contribution in [-0.4, -0.2) is 54.7 Å². The van der Waals surface area contributed by atoms with Crippen molar-refractivity contribution >= 4 is 11.9 Å². The number of carbonyl (C=O) groups is 2. The zero-order valence-corrected chi connectivity index (χ0v) is 9.97. The van der Waals surface area contributed by atoms with Crippen molar-refractivity contribution in [3.05, 3.63) is 0 Å². The topological polar surface area (TPSA) is 92.9 Å². The van der Waals surface area contributed by atoms with Gasteiger partial charge in [0.1, 0.15) is 6.04 Å². The summed E-state index contributed by atoms with van der Waals surface area (Å²) in [5, 5.41) is 8.74. The maximum atomic E-state index is 11.7. The van der Waals surface area contributed by atoms with Gasteiger partial charge in [-0.05, 0) is 19.8 Å². The highest BCUT2D eigenvalue weighted by atomic mass is 16.5. The summed E-state index contributed by atoms with van der Waals surface area (Å²) >= 11 is 0. The number of nitrogens with zero attached hydrogens (tertiary/aromatic N) is 1. The van der Waals surface area contributed by atoms with Gasteiger partial charge in [0.25, 0.3) is 0 Å². The van der Waals surface area contributed by atoms with Crippen molar-refractivity contribution in [3.8, 4) is 0 Å². The molecule has 0 radical (unpaired) electrons. The largest absolute Gasteiger partial charge is 0.480 e. The average molecular weight is 232 g/mol. The summed E-state index contributed by atoms with van der Waals surface area (Å²) < 4.78 is 4.84. The van der Waals surface area contributed by atoms with E-state index in [9.17, 15) is 9.59 Å². The predicted molar refractivity (Wildman–Crippen MR) is 59.0 cm³/mol. The summed E-state index contributed by atoms with van der Waals surface area (Å²) in [5.74, 6) is -1.40. The monoisotopic (exact) mass is 232 g/mol. The Hall–Kier alpha value is -1.14. The first-order valence-electron chi connectivity index (χ1n) is 5.15. The number of carboxylic acid groups (broad SMARTS) is 1. The Morgan fingerprint density at radius 2 is 2.06 bits per heavy atom. The van der Waals surface area contributed by atoms with Crippen LogP contribution in [0.1, 0.15) is 19.8 Å². The number of rotatable bonds is 7. The van der Waals surface area contributed by atoms with Crippen LogP contribution in [0, 0.1) is 0 Å². The Morgan fingerprint density at radius 3 is 2.50 bits per heavy atom. The molecule has 0 aliphatic rings. The lowest BCUT2D eigenvalue weighted by molar-refractivity contribution is -0.148. The summed E-state index contributed by atoms with van der Waals surface area (Å²) in [4.78, 5) is 23.5. The summed E-state index contributed by atoms with van der Waals surface area (Å²) in [6.45, 7) is 1.99. The molecular formula is C10H20N2O4. The Kier molecular flexibility index (Phi) is 6.67. The van der Waals surface area contributed by atoms with Crippen molar-refractivity contribution in [2.45, 2.75) is 31.8 Å². The maximum absolute atomic E-state index is 11.7. The van der Waals surface area contributed by atoms with Gasteiger partial charge in [0.05, 0.1) is 6.04 Å². The Bertz CT molecular complexity index is 245. The summed E-state index contributed by atoms with van der Waals surface area (Å²) in [6, 6.07) is -1.53. The van der Waals surface area contributed by atoms with Crippen molar-refractivity contribution in [2.75, 3.05) is 20.8 Å². The summed E-state index contributed by atoms with van der Waals surface area (Å²) in [7, 11) is 3.02. The number of hydrogen-bond acceptors (Lipinski definition) is 4. The van der Waals surface area contributed by atoms with E-state index >= 15 is 0 Å². The molecule has 2 unspecified atom stereocenters. The number of carbonyl (C=O) groups excluding carboxylic acids is 1. The third-order valence-corrected chi connectivity index (χ3v) is 2.47. The van der Waals surface area contributed by atoms with Crippen molar-refractivity contribution in [1.29, 1.82) is 0 Å². The molecule has 6 heteroatoms. The number of carboxylic acids is 1. The van der Waals surface area contributed by atoms with E-state index in [0.717, 1.165) is 4.90 Å². The van der Waals surface area contributed by atoms with Gasteiger partial charge in [-0.2, -0.15) is 0 Å². The van der Waals surface area contributed by atoms with Crippen LogP contribution < -0.4 is 5.73 Å². The van der Waals surface area contributed by atoms with Gasteiger partial charge in [-0.3, -0.25) is 4.79 Å². The zero-order chi connectivity index (χ0) is 12.7. The van der Waals surface area contributed by atoms with E-state index in [1.807, 2.05) is 0 Å². The molecule has 0 spiro atoms. The van der Waals surface area contributed by atoms with Crippen molar-refractivity contribution in [3.63, 3.8) is 0 Å². The van der Waals surface area contributed by atoms with Crippen LogP contribution in [0.4, 0.5) is 0 Å². The molecule has 6 nitrogen and oxygen atoms in total. The molecule has 2 atom stereocenters. The molecule has 0 aliphatic heterocycles. The van der Waals surface area contributed by atoms with E-state index in [0.29, 0.717) is 19.4 Å². The number of ether oxygens (including phenoxy) is 1. The van der Waals surface area contributed by atoms with E-state index in [2.05, 4.69) is 0 Å². The van der Waals surface area contributed by atoms with Crippen molar-refractivity contribution in [1.82, 2.24) is 4.90 Å². The van der Waals surface area contributed by atoms with Crippen molar-refractivity contribution in [2.24, 2.45) is 5.73 Å². The van der Waals surface area contributed by atoms with Gasteiger partial charge in [0, 0.05) is 20.8 Å². The highest BCUT2D eigenvalue weighted by molar-refractivity contribution is 5.86. The number of amides is 1. The molecule has 0 saturated heterocycles. The lowest BCUT2D eigenvalue weighted by Gasteiger charge is -2.24. The molecule has 94 valence electrons. The minimum Gasteiger partial charge on any atom is -0.480 e. The minimum atomic E-state index is -1.04. The first kappa shape index (κ1) is 14.9. The fourth-order valence-corrected chi connectivity index (χ4v) is 1.19. The van der Waals surface area contributed by atoms with E-state index in [1.54, 1.807) is 7.11 Å². The molecule has 0 saturated carbocycles. The molecular weight excluding hydrogens is 212 g/mol. The van der Waals surface area contributed by atoms with Gasteiger partial charge in [0.2, 0.25) is 5.91 Å². The third-order valence-electron chi connectivity index (χ3n) is 2.47. The van der Waals surface area contributed by atoms with E-state index < -0.39 is 18.1 Å². The molecule has 0 rings (SSSR count). The number of methoxy groups -OCH3 is 1. The van der Waals surface area contributed by atoms with Crippen LogP contribution in [0.3, 0.4) is 0 Å². The predicted octanol–water partition coefficient (Wildman–Crippen LogP) is -0.328. The molecule has 0 aromatic heterocycles. The second kappa shape index (κ2) is 7.19. The fraction of sp³-hybridized carbons (Fsp3) is 0.800. The molecule has 0 aliphatic carbocycles. The van der Waals surface area contributed by atoms with Gasteiger partial charge in [-0.25, -0.2) is 4.79 Å². The van der Waals surface area contributed by atoms with Gasteiger partial charge in [0.15, 0.2) is 0 Å².